The number of rotatable bonds is 10. The zero-order valence-electron chi connectivity index (χ0n) is 13.6. The molecule has 0 rings (SSSR count). The average Bonchev–Trinajstić information content (AvgIpc) is 2.29. The third-order valence-corrected chi connectivity index (χ3v) is 4.70. The molecule has 116 valence electrons. The molecule has 0 aromatic heterocycles. The highest BCUT2D eigenvalue weighted by atomic mass is 35.5. The Bertz CT molecular complexity index is 215. The van der Waals surface area contributed by atoms with Crippen LogP contribution >= 0.6 is 23.2 Å². The molecular formula is C16H32Cl2O. The quantitative estimate of drug-likeness (QED) is 0.458. The largest absolute Gasteiger partial charge is 0.371 e. The fourth-order valence-corrected chi connectivity index (χ4v) is 3.65. The van der Waals surface area contributed by atoms with Crippen LogP contribution < -0.4 is 0 Å². The van der Waals surface area contributed by atoms with E-state index in [1.165, 1.54) is 0 Å². The van der Waals surface area contributed by atoms with E-state index in [1.54, 1.807) is 0 Å². The van der Waals surface area contributed by atoms with Crippen LogP contribution in [0.5, 0.6) is 0 Å². The first-order valence-electron chi connectivity index (χ1n) is 7.52. The molecule has 0 saturated carbocycles. The Morgan fingerprint density at radius 1 is 0.789 bits per heavy atom. The molecule has 0 N–H and O–H groups in total. The van der Waals surface area contributed by atoms with Crippen LogP contribution in [0.4, 0.5) is 0 Å². The first-order chi connectivity index (χ1) is 8.75. The lowest BCUT2D eigenvalue weighted by atomic mass is 9.80. The van der Waals surface area contributed by atoms with Crippen LogP contribution in [0, 0.1) is 10.8 Å². The molecule has 1 nitrogen and oxygen atoms in total. The Labute approximate surface area is 130 Å². The van der Waals surface area contributed by atoms with Gasteiger partial charge in [-0.2, -0.15) is 0 Å². The Morgan fingerprint density at radius 3 is 1.32 bits per heavy atom. The zero-order chi connectivity index (χ0) is 15.1. The minimum atomic E-state index is 0.0639. The van der Waals surface area contributed by atoms with Crippen molar-refractivity contribution < 1.29 is 4.74 Å². The number of alkyl halides is 2. The number of hydrogen-bond acceptors (Lipinski definition) is 1. The van der Waals surface area contributed by atoms with Crippen molar-refractivity contribution in [3.8, 4) is 0 Å². The van der Waals surface area contributed by atoms with Gasteiger partial charge < -0.3 is 4.74 Å². The van der Waals surface area contributed by atoms with Gasteiger partial charge in [0.05, 0.1) is 12.2 Å². The summed E-state index contributed by atoms with van der Waals surface area (Å²) in [5, 5.41) is 0. The molecule has 0 saturated heterocycles. The van der Waals surface area contributed by atoms with Crippen molar-refractivity contribution in [2.45, 2.75) is 79.4 Å². The van der Waals surface area contributed by atoms with Crippen LogP contribution in [0.1, 0.15) is 67.2 Å². The molecule has 2 atom stereocenters. The van der Waals surface area contributed by atoms with Crippen LogP contribution in [0.3, 0.4) is 0 Å². The summed E-state index contributed by atoms with van der Waals surface area (Å²) in [6.45, 7) is 13.4. The van der Waals surface area contributed by atoms with Crippen LogP contribution in [0.15, 0.2) is 0 Å². The Morgan fingerprint density at radius 2 is 1.11 bits per heavy atom. The summed E-state index contributed by atoms with van der Waals surface area (Å²) in [6, 6.07) is 0. The summed E-state index contributed by atoms with van der Waals surface area (Å²) in [6.07, 6.45) is 4.66. The summed E-state index contributed by atoms with van der Waals surface area (Å²) >= 11 is 12.3. The number of halogens is 2. The van der Waals surface area contributed by atoms with E-state index in [4.69, 9.17) is 27.9 Å². The first-order valence-corrected chi connectivity index (χ1v) is 8.59. The highest BCUT2D eigenvalue weighted by molar-refractivity contribution is 6.18. The van der Waals surface area contributed by atoms with Crippen molar-refractivity contribution in [3.63, 3.8) is 0 Å². The number of hydrogen-bond donors (Lipinski definition) is 0. The summed E-state index contributed by atoms with van der Waals surface area (Å²) < 4.78 is 6.32. The lowest BCUT2D eigenvalue weighted by Gasteiger charge is -2.40. The molecule has 0 bridgehead atoms. The third-order valence-electron chi connectivity index (χ3n) is 4.14. The van der Waals surface area contributed by atoms with Gasteiger partial charge >= 0.3 is 0 Å². The van der Waals surface area contributed by atoms with E-state index in [9.17, 15) is 0 Å². The maximum Gasteiger partial charge on any atom is 0.0765 e. The summed E-state index contributed by atoms with van der Waals surface area (Å²) in [5.74, 6) is 1.06. The van der Waals surface area contributed by atoms with Crippen LogP contribution in [-0.4, -0.2) is 24.0 Å². The van der Waals surface area contributed by atoms with E-state index in [2.05, 4.69) is 41.5 Å². The van der Waals surface area contributed by atoms with Gasteiger partial charge in [-0.1, -0.05) is 54.4 Å². The van der Waals surface area contributed by atoms with Crippen LogP contribution in [0.2, 0.25) is 0 Å². The lowest BCUT2D eigenvalue weighted by Crippen LogP contribution is -2.43. The van der Waals surface area contributed by atoms with Crippen LogP contribution in [-0.2, 0) is 4.74 Å². The molecular weight excluding hydrogens is 279 g/mol. The first kappa shape index (κ1) is 19.5. The average molecular weight is 311 g/mol. The van der Waals surface area contributed by atoms with Crippen molar-refractivity contribution in [1.82, 2.24) is 0 Å². The molecule has 0 heterocycles. The molecule has 0 aliphatic rings. The standard InChI is InChI=1S/C16H32Cl2O/c1-7-9-15(3,4)13(11-17)19-14(12-18)16(5,6)10-8-2/h13-14H,7-12H2,1-6H3. The number of ether oxygens (including phenoxy) is 1. The van der Waals surface area contributed by atoms with Gasteiger partial charge in [-0.05, 0) is 23.7 Å². The van der Waals surface area contributed by atoms with Gasteiger partial charge in [-0.3, -0.25) is 0 Å². The van der Waals surface area contributed by atoms with E-state index < -0.39 is 0 Å². The highest BCUT2D eigenvalue weighted by Gasteiger charge is 2.36. The molecule has 0 radical (unpaired) electrons. The fraction of sp³-hybridized carbons (Fsp3) is 1.00. The predicted molar refractivity (Wildman–Crippen MR) is 87.5 cm³/mol. The van der Waals surface area contributed by atoms with Crippen molar-refractivity contribution >= 4 is 23.2 Å². The van der Waals surface area contributed by atoms with E-state index in [1.807, 2.05) is 0 Å². The second-order valence-electron chi connectivity index (χ2n) is 6.90. The van der Waals surface area contributed by atoms with Gasteiger partial charge in [0.1, 0.15) is 0 Å². The minimum Gasteiger partial charge on any atom is -0.371 e. The molecule has 0 aliphatic heterocycles. The van der Waals surface area contributed by atoms with Crippen molar-refractivity contribution in [2.24, 2.45) is 10.8 Å². The van der Waals surface area contributed by atoms with Crippen molar-refractivity contribution in [2.75, 3.05) is 11.8 Å². The van der Waals surface area contributed by atoms with Gasteiger partial charge in [-0.25, -0.2) is 0 Å². The minimum absolute atomic E-state index is 0.0639. The summed E-state index contributed by atoms with van der Waals surface area (Å²) in [4.78, 5) is 0. The lowest BCUT2D eigenvalue weighted by molar-refractivity contribution is -0.0985. The molecule has 0 amide bonds. The molecule has 0 aromatic carbocycles. The molecule has 3 heteroatoms. The molecule has 0 spiro atoms. The van der Waals surface area contributed by atoms with Gasteiger partial charge in [0.15, 0.2) is 0 Å². The maximum atomic E-state index is 6.32. The Hall–Kier alpha value is 0.540. The molecule has 0 aromatic rings. The van der Waals surface area contributed by atoms with Gasteiger partial charge in [0, 0.05) is 11.8 Å². The predicted octanol–water partition coefficient (Wildman–Crippen LogP) is 5.87. The normalized spacial score (nSPS) is 16.4. The molecule has 0 aliphatic carbocycles. The van der Waals surface area contributed by atoms with Crippen molar-refractivity contribution in [1.29, 1.82) is 0 Å². The Kier molecular flexibility index (Phi) is 8.99. The van der Waals surface area contributed by atoms with Crippen LogP contribution in [0.25, 0.3) is 0 Å². The molecule has 2 unspecified atom stereocenters. The van der Waals surface area contributed by atoms with Gasteiger partial charge in [0.25, 0.3) is 0 Å². The second-order valence-corrected chi connectivity index (χ2v) is 7.52. The SMILES string of the molecule is CCCC(C)(C)C(CCl)OC(CCl)C(C)(C)CCC. The molecule has 0 fully saturated rings. The highest BCUT2D eigenvalue weighted by Crippen LogP contribution is 2.36. The van der Waals surface area contributed by atoms with Crippen molar-refractivity contribution in [3.05, 3.63) is 0 Å². The van der Waals surface area contributed by atoms with E-state index in [0.29, 0.717) is 11.8 Å². The maximum absolute atomic E-state index is 6.32. The van der Waals surface area contributed by atoms with E-state index >= 15 is 0 Å². The Balaban J connectivity index is 4.82. The monoisotopic (exact) mass is 310 g/mol. The second kappa shape index (κ2) is 8.74. The third kappa shape index (κ3) is 6.23. The summed E-state index contributed by atoms with van der Waals surface area (Å²) in [7, 11) is 0. The molecule has 19 heavy (non-hydrogen) atoms. The van der Waals surface area contributed by atoms with E-state index in [-0.39, 0.29) is 23.0 Å². The van der Waals surface area contributed by atoms with E-state index in [0.717, 1.165) is 25.7 Å². The topological polar surface area (TPSA) is 9.23 Å². The fourth-order valence-electron chi connectivity index (χ4n) is 2.67. The smallest absolute Gasteiger partial charge is 0.0765 e. The summed E-state index contributed by atoms with van der Waals surface area (Å²) in [5.41, 5.74) is 0.201. The van der Waals surface area contributed by atoms with Gasteiger partial charge in [-0.15, -0.1) is 23.2 Å². The van der Waals surface area contributed by atoms with Gasteiger partial charge in [0.2, 0.25) is 0 Å². The zero-order valence-corrected chi connectivity index (χ0v) is 15.1.